The maximum Gasteiger partial charge on any atom is 0.129 e. The zero-order chi connectivity index (χ0) is 21.7. The number of allylic oxidation sites excluding steroid dienone is 1. The lowest BCUT2D eigenvalue weighted by Crippen LogP contribution is -2.61. The Bertz CT molecular complexity index is 644. The molecule has 4 aliphatic carbocycles. The van der Waals surface area contributed by atoms with Crippen LogP contribution in [0.5, 0.6) is 0 Å². The second-order valence-corrected chi connectivity index (χ2v) is 12.5. The van der Waals surface area contributed by atoms with Crippen LogP contribution in [-0.2, 0) is 4.89 Å². The molecule has 0 radical (unpaired) electrons. The Hall–Kier alpha value is -0.380. The van der Waals surface area contributed by atoms with Crippen molar-refractivity contribution in [1.82, 2.24) is 0 Å². The van der Waals surface area contributed by atoms with E-state index in [1.165, 1.54) is 44.9 Å². The highest BCUT2D eigenvalue weighted by Crippen LogP contribution is 2.68. The lowest BCUT2D eigenvalue weighted by atomic mass is 9.45. The smallest absolute Gasteiger partial charge is 0.129 e. The maximum atomic E-state index is 10.3. The van der Waals surface area contributed by atoms with Gasteiger partial charge in [0, 0.05) is 11.8 Å². The molecule has 0 aromatic carbocycles. The molecule has 9 atom stereocenters. The SMILES string of the molecule is CC(C)CCC[C@@H](C)[C@H]1CC[C@H]2[C@@H]3C=CC4([18O][18OH])C[C@@H](O)CC[C@]4(C)[C@H]3CC[C@]12C. The van der Waals surface area contributed by atoms with Crippen molar-refractivity contribution in [2.45, 2.75) is 111 Å². The number of hydrogen-bond donors (Lipinski definition) is 2. The summed E-state index contributed by atoms with van der Waals surface area (Å²) in [6, 6.07) is 0. The fraction of sp³-hybridized carbons (Fsp3) is 0.926. The highest BCUT2D eigenvalue weighted by atomic mass is 19.1. The molecule has 0 aromatic rings. The van der Waals surface area contributed by atoms with Crippen LogP contribution in [-0.4, -0.2) is 22.1 Å². The summed E-state index contributed by atoms with van der Waals surface area (Å²) in [6.45, 7) is 12.1. The molecule has 2 N–H and O–H groups in total. The van der Waals surface area contributed by atoms with E-state index in [9.17, 15) is 10.4 Å². The number of aliphatic hydroxyl groups excluding tert-OH is 1. The molecule has 0 aromatic heterocycles. The van der Waals surface area contributed by atoms with Gasteiger partial charge in [-0.1, -0.05) is 66.0 Å². The summed E-state index contributed by atoms with van der Waals surface area (Å²) in [5.74, 6) is 4.39. The average molecular weight is 423 g/mol. The first kappa shape index (κ1) is 22.8. The van der Waals surface area contributed by atoms with Gasteiger partial charge >= 0.3 is 0 Å². The molecule has 3 heteroatoms. The maximum absolute atomic E-state index is 10.3. The summed E-state index contributed by atoms with van der Waals surface area (Å²) < 4.78 is 0. The van der Waals surface area contributed by atoms with Crippen LogP contribution in [0.1, 0.15) is 98.8 Å². The fourth-order valence-corrected chi connectivity index (χ4v) is 8.79. The van der Waals surface area contributed by atoms with E-state index in [0.29, 0.717) is 23.7 Å². The highest BCUT2D eigenvalue weighted by molar-refractivity contribution is 5.25. The minimum atomic E-state index is -0.707. The molecule has 4 aliphatic rings. The summed E-state index contributed by atoms with van der Waals surface area (Å²) in [5, 5.41) is 20.3. The van der Waals surface area contributed by atoms with Crippen LogP contribution in [0.15, 0.2) is 12.2 Å². The van der Waals surface area contributed by atoms with Gasteiger partial charge in [0.25, 0.3) is 0 Å². The predicted octanol–water partition coefficient (Wildman–Crippen LogP) is 6.86. The standard InChI is InChI=1S/C27H46O3/c1-18(2)7-6-8-19(3)22-9-10-23-21-12-16-27(30-29)17-20(28)11-15-26(27,5)24(21)13-14-25(22,23)4/h12,16,18-24,28-29H,6-11,13-15,17H2,1-5H3/t19-,20+,21+,22-,23+,24+,25-,26-,27?/m1/s1/i29+2,30+2. The van der Waals surface area contributed by atoms with E-state index in [0.717, 1.165) is 36.5 Å². The summed E-state index contributed by atoms with van der Waals surface area (Å²) >= 11 is 0. The molecule has 172 valence electrons. The molecule has 0 heterocycles. The van der Waals surface area contributed by atoms with Crippen molar-refractivity contribution in [3.8, 4) is 0 Å². The van der Waals surface area contributed by atoms with Gasteiger partial charge in [-0.3, -0.25) is 5.26 Å². The van der Waals surface area contributed by atoms with Gasteiger partial charge in [-0.15, -0.1) is 0 Å². The average Bonchev–Trinajstić information content (AvgIpc) is 3.05. The van der Waals surface area contributed by atoms with Crippen molar-refractivity contribution >= 4 is 0 Å². The first-order chi connectivity index (χ1) is 14.2. The molecule has 4 rings (SSSR count). The number of rotatable bonds is 6. The summed E-state index contributed by atoms with van der Waals surface area (Å²) in [5.41, 5.74) is -0.336. The predicted molar refractivity (Wildman–Crippen MR) is 122 cm³/mol. The molecule has 0 saturated heterocycles. The molecule has 30 heavy (non-hydrogen) atoms. The third-order valence-corrected chi connectivity index (χ3v) is 10.6. The minimum absolute atomic E-state index is 0.0807. The van der Waals surface area contributed by atoms with Crippen LogP contribution < -0.4 is 0 Å². The first-order valence-corrected chi connectivity index (χ1v) is 12.9. The van der Waals surface area contributed by atoms with Crippen LogP contribution in [0.2, 0.25) is 0 Å². The number of hydrogen-bond acceptors (Lipinski definition) is 3. The second kappa shape index (κ2) is 8.19. The van der Waals surface area contributed by atoms with Gasteiger partial charge < -0.3 is 5.11 Å². The van der Waals surface area contributed by atoms with Gasteiger partial charge in [0.05, 0.1) is 6.10 Å². The van der Waals surface area contributed by atoms with Gasteiger partial charge in [0.2, 0.25) is 0 Å². The van der Waals surface area contributed by atoms with Gasteiger partial charge in [0.1, 0.15) is 5.60 Å². The third kappa shape index (κ3) is 3.42. The first-order valence-electron chi connectivity index (χ1n) is 12.9. The molecular formula is C27H46O3. The Kier molecular flexibility index (Phi) is 6.23. The summed E-state index contributed by atoms with van der Waals surface area (Å²) in [6.07, 6.45) is 15.9. The van der Waals surface area contributed by atoms with Crippen molar-refractivity contribution in [2.24, 2.45) is 46.3 Å². The van der Waals surface area contributed by atoms with Crippen LogP contribution in [0.25, 0.3) is 0 Å². The van der Waals surface area contributed by atoms with Gasteiger partial charge in [0.15, 0.2) is 0 Å². The molecule has 3 saturated carbocycles. The zero-order valence-corrected chi connectivity index (χ0v) is 20.1. The van der Waals surface area contributed by atoms with Crippen LogP contribution in [0.3, 0.4) is 0 Å². The quantitative estimate of drug-likeness (QED) is 0.213. The lowest BCUT2D eigenvalue weighted by molar-refractivity contribution is -0.361. The molecule has 3 nitrogen and oxygen atoms in total. The van der Waals surface area contributed by atoms with E-state index >= 15 is 0 Å². The van der Waals surface area contributed by atoms with Crippen LogP contribution in [0, 0.1) is 46.3 Å². The van der Waals surface area contributed by atoms with E-state index < -0.39 is 5.60 Å². The molecule has 0 amide bonds. The van der Waals surface area contributed by atoms with Crippen LogP contribution >= 0.6 is 0 Å². The summed E-state index contributed by atoms with van der Waals surface area (Å²) in [7, 11) is 0. The third-order valence-electron chi connectivity index (χ3n) is 10.6. The number of aliphatic hydroxyl groups is 1. The Morgan fingerprint density at radius 2 is 1.80 bits per heavy atom. The molecule has 0 aliphatic heterocycles. The van der Waals surface area contributed by atoms with Crippen LogP contribution in [0.4, 0.5) is 0 Å². The van der Waals surface area contributed by atoms with E-state index in [4.69, 9.17) is 4.89 Å². The Labute approximate surface area is 184 Å². The molecule has 0 spiro atoms. The fourth-order valence-electron chi connectivity index (χ4n) is 8.79. The van der Waals surface area contributed by atoms with Crippen molar-refractivity contribution in [3.63, 3.8) is 0 Å². The zero-order valence-electron chi connectivity index (χ0n) is 20.1. The highest BCUT2D eigenvalue weighted by Gasteiger charge is 2.64. The van der Waals surface area contributed by atoms with Crippen molar-refractivity contribution in [2.75, 3.05) is 0 Å². The normalized spacial score (nSPS) is 48.9. The second-order valence-electron chi connectivity index (χ2n) is 12.5. The molecule has 3 fully saturated rings. The van der Waals surface area contributed by atoms with Crippen molar-refractivity contribution < 1.29 is 15.3 Å². The molecule has 1 unspecified atom stereocenters. The van der Waals surface area contributed by atoms with Gasteiger partial charge in [-0.2, -0.15) is 0 Å². The van der Waals surface area contributed by atoms with Gasteiger partial charge in [-0.05, 0) is 79.4 Å². The van der Waals surface area contributed by atoms with E-state index in [2.05, 4.69) is 46.8 Å². The molecule has 0 bridgehead atoms. The Balaban J connectivity index is 1.55. The van der Waals surface area contributed by atoms with Crippen molar-refractivity contribution in [1.29, 1.82) is 0 Å². The molecular weight excluding hydrogens is 376 g/mol. The number of fused-ring (bicyclic) bond motifs is 5. The van der Waals surface area contributed by atoms with Gasteiger partial charge in [-0.25, -0.2) is 4.89 Å². The lowest BCUT2D eigenvalue weighted by Gasteiger charge is -2.62. The van der Waals surface area contributed by atoms with E-state index in [-0.39, 0.29) is 11.5 Å². The van der Waals surface area contributed by atoms with E-state index in [1.807, 2.05) is 0 Å². The topological polar surface area (TPSA) is 49.7 Å². The van der Waals surface area contributed by atoms with E-state index in [1.54, 1.807) is 0 Å². The van der Waals surface area contributed by atoms with Crippen molar-refractivity contribution in [3.05, 3.63) is 12.2 Å². The monoisotopic (exact) mass is 422 g/mol. The largest absolute Gasteiger partial charge is 0.393 e. The Morgan fingerprint density at radius 3 is 2.50 bits per heavy atom. The minimum Gasteiger partial charge on any atom is -0.393 e. The summed E-state index contributed by atoms with van der Waals surface area (Å²) in [4.78, 5) is 5.22. The Morgan fingerprint density at radius 1 is 1.03 bits per heavy atom.